The molecule has 0 spiro atoms. The van der Waals surface area contributed by atoms with Gasteiger partial charge in [-0.25, -0.2) is 0 Å². The molecule has 8 heteroatoms. The number of aliphatic hydroxyl groups is 1. The number of methoxy groups -OCH3 is 1. The van der Waals surface area contributed by atoms with E-state index in [0.717, 1.165) is 0 Å². The average Bonchev–Trinajstić information content (AvgIpc) is 2.99. The van der Waals surface area contributed by atoms with E-state index in [2.05, 4.69) is 10.5 Å². The zero-order chi connectivity index (χ0) is 17.5. The standard InChI is InChI=1S/C16H20ClN3O4/c1-20(8-9-21)16(22)13-14(11-3-5-12(17)6-4-11)24-19-15(13)18-7-10-23-2/h3-6,21H,7-10H2,1-2H3,(H,18,19). The Balaban J connectivity index is 2.39. The first-order valence-corrected chi connectivity index (χ1v) is 7.81. The molecule has 0 aliphatic heterocycles. The number of amides is 1. The van der Waals surface area contributed by atoms with Gasteiger partial charge in [-0.15, -0.1) is 0 Å². The first-order valence-electron chi connectivity index (χ1n) is 7.43. The monoisotopic (exact) mass is 353 g/mol. The largest absolute Gasteiger partial charge is 0.395 e. The highest BCUT2D eigenvalue weighted by Crippen LogP contribution is 2.31. The van der Waals surface area contributed by atoms with E-state index in [1.54, 1.807) is 38.4 Å². The van der Waals surface area contributed by atoms with Crippen LogP contribution in [0.3, 0.4) is 0 Å². The molecule has 1 aromatic heterocycles. The van der Waals surface area contributed by atoms with Gasteiger partial charge in [-0.1, -0.05) is 16.8 Å². The summed E-state index contributed by atoms with van der Waals surface area (Å²) in [6, 6.07) is 6.93. The van der Waals surface area contributed by atoms with Gasteiger partial charge in [-0.3, -0.25) is 4.79 Å². The summed E-state index contributed by atoms with van der Waals surface area (Å²) in [5, 5.41) is 16.6. The summed E-state index contributed by atoms with van der Waals surface area (Å²) in [4.78, 5) is 14.1. The number of likely N-dealkylation sites (N-methyl/N-ethyl adjacent to an activating group) is 1. The van der Waals surface area contributed by atoms with Gasteiger partial charge in [-0.05, 0) is 24.3 Å². The van der Waals surface area contributed by atoms with E-state index in [0.29, 0.717) is 40.9 Å². The third-order valence-electron chi connectivity index (χ3n) is 3.39. The van der Waals surface area contributed by atoms with Crippen LogP contribution in [0.15, 0.2) is 28.8 Å². The second kappa shape index (κ2) is 8.68. The van der Waals surface area contributed by atoms with E-state index in [-0.39, 0.29) is 19.1 Å². The number of nitrogens with one attached hydrogen (secondary N) is 1. The quantitative estimate of drug-likeness (QED) is 0.707. The number of nitrogens with zero attached hydrogens (tertiary/aromatic N) is 2. The zero-order valence-electron chi connectivity index (χ0n) is 13.6. The van der Waals surface area contributed by atoms with Crippen LogP contribution >= 0.6 is 11.6 Å². The Bertz CT molecular complexity index is 672. The Hall–Kier alpha value is -2.09. The fraction of sp³-hybridized carbons (Fsp3) is 0.375. The van der Waals surface area contributed by atoms with Crippen LogP contribution in [0.25, 0.3) is 11.3 Å². The number of hydrogen-bond acceptors (Lipinski definition) is 6. The fourth-order valence-corrected chi connectivity index (χ4v) is 2.25. The van der Waals surface area contributed by atoms with Gasteiger partial charge < -0.3 is 24.6 Å². The summed E-state index contributed by atoms with van der Waals surface area (Å²) in [6.07, 6.45) is 0. The predicted octanol–water partition coefficient (Wildman–Crippen LogP) is 2.12. The molecular weight excluding hydrogens is 334 g/mol. The van der Waals surface area contributed by atoms with Crippen molar-refractivity contribution in [2.75, 3.05) is 45.8 Å². The highest BCUT2D eigenvalue weighted by atomic mass is 35.5. The number of carbonyl (C=O) groups excluding carboxylic acids is 1. The summed E-state index contributed by atoms with van der Waals surface area (Å²) in [5.41, 5.74) is 0.997. The summed E-state index contributed by atoms with van der Waals surface area (Å²) < 4.78 is 10.4. The number of aromatic nitrogens is 1. The molecule has 130 valence electrons. The number of ether oxygens (including phenoxy) is 1. The topological polar surface area (TPSA) is 87.8 Å². The second-order valence-electron chi connectivity index (χ2n) is 5.11. The minimum atomic E-state index is -0.296. The van der Waals surface area contributed by atoms with Crippen molar-refractivity contribution in [1.29, 1.82) is 0 Å². The van der Waals surface area contributed by atoms with Gasteiger partial charge in [0.25, 0.3) is 5.91 Å². The van der Waals surface area contributed by atoms with E-state index < -0.39 is 0 Å². The van der Waals surface area contributed by atoms with E-state index in [1.807, 2.05) is 0 Å². The lowest BCUT2D eigenvalue weighted by Gasteiger charge is -2.16. The van der Waals surface area contributed by atoms with Crippen molar-refractivity contribution in [3.63, 3.8) is 0 Å². The molecule has 0 fully saturated rings. The van der Waals surface area contributed by atoms with Crippen LogP contribution in [0.1, 0.15) is 10.4 Å². The van der Waals surface area contributed by atoms with Gasteiger partial charge in [0.05, 0.1) is 13.2 Å². The van der Waals surface area contributed by atoms with Crippen molar-refractivity contribution in [3.8, 4) is 11.3 Å². The minimum Gasteiger partial charge on any atom is -0.395 e. The van der Waals surface area contributed by atoms with Crippen molar-refractivity contribution in [1.82, 2.24) is 10.1 Å². The first kappa shape index (κ1) is 18.3. The van der Waals surface area contributed by atoms with Crippen LogP contribution in [0, 0.1) is 0 Å². The van der Waals surface area contributed by atoms with Gasteiger partial charge in [0, 0.05) is 37.8 Å². The number of halogens is 1. The predicted molar refractivity (Wildman–Crippen MR) is 91.4 cm³/mol. The Morgan fingerprint density at radius 1 is 1.42 bits per heavy atom. The molecule has 0 aliphatic carbocycles. The molecule has 2 rings (SSSR count). The van der Waals surface area contributed by atoms with Crippen molar-refractivity contribution >= 4 is 23.3 Å². The van der Waals surface area contributed by atoms with Crippen LogP contribution in [0.2, 0.25) is 5.02 Å². The lowest BCUT2D eigenvalue weighted by molar-refractivity contribution is 0.0768. The van der Waals surface area contributed by atoms with E-state index in [9.17, 15) is 4.79 Å². The van der Waals surface area contributed by atoms with Gasteiger partial charge in [0.2, 0.25) is 0 Å². The van der Waals surface area contributed by atoms with Crippen LogP contribution in [0.5, 0.6) is 0 Å². The molecule has 0 bridgehead atoms. The zero-order valence-corrected chi connectivity index (χ0v) is 14.3. The number of rotatable bonds is 8. The van der Waals surface area contributed by atoms with Crippen LogP contribution in [0.4, 0.5) is 5.82 Å². The van der Waals surface area contributed by atoms with Crippen molar-refractivity contribution < 1.29 is 19.2 Å². The Labute approximate surface area is 145 Å². The Morgan fingerprint density at radius 3 is 2.75 bits per heavy atom. The molecule has 0 unspecified atom stereocenters. The molecule has 1 amide bonds. The smallest absolute Gasteiger partial charge is 0.261 e. The van der Waals surface area contributed by atoms with E-state index in [1.165, 1.54) is 4.90 Å². The number of anilines is 1. The Kier molecular flexibility index (Phi) is 6.60. The SMILES string of the molecule is COCCNc1noc(-c2ccc(Cl)cc2)c1C(=O)N(C)CCO. The maximum atomic E-state index is 12.7. The number of hydrogen-bond donors (Lipinski definition) is 2. The number of carbonyl (C=O) groups is 1. The van der Waals surface area contributed by atoms with Crippen LogP contribution in [-0.4, -0.2) is 61.5 Å². The summed E-state index contributed by atoms with van der Waals surface area (Å²) in [6.45, 7) is 1.02. The van der Waals surface area contributed by atoms with E-state index in [4.69, 9.17) is 26.0 Å². The van der Waals surface area contributed by atoms with Crippen molar-refractivity contribution in [2.45, 2.75) is 0 Å². The average molecular weight is 354 g/mol. The van der Waals surface area contributed by atoms with Gasteiger partial charge in [0.1, 0.15) is 5.56 Å². The molecule has 0 aliphatic rings. The third-order valence-corrected chi connectivity index (χ3v) is 3.65. The molecule has 2 aromatic rings. The first-order chi connectivity index (χ1) is 11.6. The van der Waals surface area contributed by atoms with Crippen molar-refractivity contribution in [2.24, 2.45) is 0 Å². The van der Waals surface area contributed by atoms with Gasteiger partial charge in [0.15, 0.2) is 11.6 Å². The lowest BCUT2D eigenvalue weighted by Crippen LogP contribution is -2.30. The maximum absolute atomic E-state index is 12.7. The molecule has 0 radical (unpaired) electrons. The molecule has 0 saturated carbocycles. The summed E-state index contributed by atoms with van der Waals surface area (Å²) in [5.74, 6) is 0.392. The van der Waals surface area contributed by atoms with Gasteiger partial charge >= 0.3 is 0 Å². The third kappa shape index (κ3) is 4.25. The summed E-state index contributed by atoms with van der Waals surface area (Å²) >= 11 is 5.91. The number of aliphatic hydroxyl groups excluding tert-OH is 1. The van der Waals surface area contributed by atoms with Gasteiger partial charge in [-0.2, -0.15) is 0 Å². The molecular formula is C16H20ClN3O4. The molecule has 0 atom stereocenters. The Morgan fingerprint density at radius 2 is 2.12 bits per heavy atom. The van der Waals surface area contributed by atoms with E-state index >= 15 is 0 Å². The molecule has 0 saturated heterocycles. The molecule has 1 heterocycles. The molecule has 2 N–H and O–H groups in total. The van der Waals surface area contributed by atoms with Crippen LogP contribution in [-0.2, 0) is 4.74 Å². The number of benzene rings is 1. The minimum absolute atomic E-state index is 0.129. The van der Waals surface area contributed by atoms with Crippen molar-refractivity contribution in [3.05, 3.63) is 34.9 Å². The highest BCUT2D eigenvalue weighted by molar-refractivity contribution is 6.30. The maximum Gasteiger partial charge on any atom is 0.261 e. The normalized spacial score (nSPS) is 10.7. The highest BCUT2D eigenvalue weighted by Gasteiger charge is 2.26. The molecule has 7 nitrogen and oxygen atoms in total. The molecule has 1 aromatic carbocycles. The second-order valence-corrected chi connectivity index (χ2v) is 5.55. The molecule has 24 heavy (non-hydrogen) atoms. The lowest BCUT2D eigenvalue weighted by atomic mass is 10.1. The fourth-order valence-electron chi connectivity index (χ4n) is 2.12. The van der Waals surface area contributed by atoms with Crippen LogP contribution < -0.4 is 5.32 Å². The summed E-state index contributed by atoms with van der Waals surface area (Å²) in [7, 11) is 3.20.